The number of ketones is 2. The second-order valence-corrected chi connectivity index (χ2v) is 21.7. The molecule has 2 aliphatic rings. The van der Waals surface area contributed by atoms with E-state index < -0.39 is 58.4 Å². The molecule has 4 amide bonds. The zero-order valence-electron chi connectivity index (χ0n) is 53.3. The third-order valence-corrected chi connectivity index (χ3v) is 14.0. The third kappa shape index (κ3) is 22.2. The normalized spacial score (nSPS) is 12.2. The largest absolute Gasteiger partial charge is 0.457 e. The van der Waals surface area contributed by atoms with Crippen molar-refractivity contribution in [1.29, 1.82) is 0 Å². The number of aromatic amines is 2. The van der Waals surface area contributed by atoms with E-state index in [-0.39, 0.29) is 86.6 Å². The summed E-state index contributed by atoms with van der Waals surface area (Å²) in [5.41, 5.74) is -1.64. The minimum absolute atomic E-state index is 0.0661. The Kier molecular flexibility index (Phi) is 24.7. The van der Waals surface area contributed by atoms with Crippen LogP contribution in [0.4, 0.5) is 55.3 Å². The van der Waals surface area contributed by atoms with Gasteiger partial charge in [0.15, 0.2) is 11.6 Å². The van der Waals surface area contributed by atoms with Crippen LogP contribution in [-0.2, 0) is 21.9 Å². The summed E-state index contributed by atoms with van der Waals surface area (Å²) >= 11 is 0. The van der Waals surface area contributed by atoms with Gasteiger partial charge in [-0.05, 0) is 182 Å². The van der Waals surface area contributed by atoms with Crippen molar-refractivity contribution < 1.29 is 91.6 Å². The van der Waals surface area contributed by atoms with Crippen LogP contribution >= 0.6 is 0 Å². The SMILES string of the molecule is O=C(Nc1ccc(=O)[nH]c1)c1cc(C(F)(F)F)ccc1Oc1ccc(F)cc1.O=C(Nc1ccc(=O)[nH]c1)c1ccccc1Oc1ccc(F)cc1.O=C1C=C(NC(=O)c2cc(C(F)(F)F)ccc2Oc2ccc(F)cc2)C=CC1.O=C1C=C(NC(=O)c2ccccc2Oc2ccc(F)cc2)C=CC1. The zero-order valence-corrected chi connectivity index (χ0v) is 53.3. The summed E-state index contributed by atoms with van der Waals surface area (Å²) in [6, 6.07) is 44.1. The maximum absolute atomic E-state index is 13.1. The van der Waals surface area contributed by atoms with Crippen LogP contribution in [0.2, 0.25) is 0 Å². The van der Waals surface area contributed by atoms with Gasteiger partial charge in [-0.25, -0.2) is 17.6 Å². The molecular weight excluding hydrogens is 1380 g/mol. The number of hydrogen-bond donors (Lipinski definition) is 6. The molecule has 0 atom stereocenters. The Morgan fingerprint density at radius 2 is 0.644 bits per heavy atom. The zero-order chi connectivity index (χ0) is 74.5. The van der Waals surface area contributed by atoms with Gasteiger partial charge in [-0.3, -0.25) is 38.4 Å². The highest BCUT2D eigenvalue weighted by Gasteiger charge is 2.34. The minimum Gasteiger partial charge on any atom is -0.457 e. The molecule has 6 N–H and O–H groups in total. The molecule has 18 nitrogen and oxygen atoms in total. The number of amides is 4. The van der Waals surface area contributed by atoms with Crippen molar-refractivity contribution in [3.63, 3.8) is 0 Å². The first-order valence-corrected chi connectivity index (χ1v) is 30.5. The van der Waals surface area contributed by atoms with Gasteiger partial charge in [-0.15, -0.1) is 0 Å². The Labute approximate surface area is 582 Å². The van der Waals surface area contributed by atoms with Gasteiger partial charge >= 0.3 is 12.4 Å². The maximum atomic E-state index is 13.1. The van der Waals surface area contributed by atoms with E-state index in [4.69, 9.17) is 18.9 Å². The van der Waals surface area contributed by atoms with Crippen LogP contribution in [-0.4, -0.2) is 45.2 Å². The lowest BCUT2D eigenvalue weighted by molar-refractivity contribution is -0.138. The Balaban J connectivity index is 0.000000161. The number of alkyl halides is 6. The van der Waals surface area contributed by atoms with Crippen LogP contribution in [0, 0.1) is 23.3 Å². The van der Waals surface area contributed by atoms with Gasteiger partial charge in [0.1, 0.15) is 69.3 Å². The highest BCUT2D eigenvalue weighted by Crippen LogP contribution is 2.37. The predicted octanol–water partition coefficient (Wildman–Crippen LogP) is 16.7. The monoisotopic (exact) mass is 1430 g/mol. The highest BCUT2D eigenvalue weighted by atomic mass is 19.4. The average molecular weight is 1430 g/mol. The molecule has 0 saturated heterocycles. The van der Waals surface area contributed by atoms with E-state index in [1.807, 2.05) is 0 Å². The molecule has 0 saturated carbocycles. The first-order valence-electron chi connectivity index (χ1n) is 30.5. The van der Waals surface area contributed by atoms with Gasteiger partial charge < -0.3 is 50.2 Å². The average Bonchev–Trinajstić information content (AvgIpc) is 0.814. The number of rotatable bonds is 16. The molecule has 0 fully saturated rings. The fraction of sp³-hybridized carbons (Fsp3) is 0.0526. The molecule has 104 heavy (non-hydrogen) atoms. The van der Waals surface area contributed by atoms with E-state index >= 15 is 0 Å². The van der Waals surface area contributed by atoms with Crippen LogP contribution in [0.1, 0.15) is 65.4 Å². The van der Waals surface area contributed by atoms with Crippen molar-refractivity contribution in [2.45, 2.75) is 25.2 Å². The number of halogens is 10. The second kappa shape index (κ2) is 34.4. The Hall–Kier alpha value is -13.7. The van der Waals surface area contributed by atoms with Crippen molar-refractivity contribution in [1.82, 2.24) is 20.6 Å². The van der Waals surface area contributed by atoms with Crippen LogP contribution in [0.3, 0.4) is 0 Å². The van der Waals surface area contributed by atoms with Gasteiger partial charge in [-0.1, -0.05) is 36.4 Å². The molecule has 0 unspecified atom stereocenters. The predicted molar refractivity (Wildman–Crippen MR) is 360 cm³/mol. The van der Waals surface area contributed by atoms with Gasteiger partial charge in [0.05, 0.1) is 44.8 Å². The number of carbonyl (C=O) groups excluding carboxylic acids is 6. The number of H-pyrrole nitrogens is 2. The van der Waals surface area contributed by atoms with Gasteiger partial charge in [0.25, 0.3) is 23.6 Å². The third-order valence-electron chi connectivity index (χ3n) is 14.0. The number of aromatic nitrogens is 2. The summed E-state index contributed by atoms with van der Waals surface area (Å²) in [7, 11) is 0. The van der Waals surface area contributed by atoms with Crippen LogP contribution in [0.5, 0.6) is 46.0 Å². The molecule has 0 radical (unpaired) electrons. The summed E-state index contributed by atoms with van der Waals surface area (Å²) in [4.78, 5) is 99.7. The molecule has 10 aromatic rings. The fourth-order valence-electron chi connectivity index (χ4n) is 9.04. The number of anilines is 2. The number of benzene rings is 8. The first-order chi connectivity index (χ1) is 49.7. The molecule has 0 aliphatic heterocycles. The Morgan fingerprint density at radius 1 is 0.346 bits per heavy atom. The van der Waals surface area contributed by atoms with Crippen molar-refractivity contribution in [3.8, 4) is 46.0 Å². The van der Waals surface area contributed by atoms with Crippen molar-refractivity contribution in [3.05, 3.63) is 344 Å². The van der Waals surface area contributed by atoms with E-state index in [0.717, 1.165) is 54.6 Å². The molecule has 28 heteroatoms. The fourth-order valence-corrected chi connectivity index (χ4v) is 9.04. The topological polar surface area (TPSA) is 253 Å². The summed E-state index contributed by atoms with van der Waals surface area (Å²) in [6.45, 7) is 0. The molecule has 8 aromatic carbocycles. The van der Waals surface area contributed by atoms with Crippen LogP contribution in [0.15, 0.2) is 276 Å². The summed E-state index contributed by atoms with van der Waals surface area (Å²) in [6.07, 6.45) is 2.76. The second-order valence-electron chi connectivity index (χ2n) is 21.7. The number of carbonyl (C=O) groups is 6. The van der Waals surface area contributed by atoms with E-state index in [2.05, 4.69) is 31.2 Å². The lowest BCUT2D eigenvalue weighted by atomic mass is 10.1. The molecule has 12 rings (SSSR count). The summed E-state index contributed by atoms with van der Waals surface area (Å²) in [5, 5.41) is 10.1. The Bertz CT molecular complexity index is 5020. The highest BCUT2D eigenvalue weighted by molar-refractivity contribution is 6.07. The summed E-state index contributed by atoms with van der Waals surface area (Å²) < 4.78 is 153. The van der Waals surface area contributed by atoms with Gasteiger partial charge in [0.2, 0.25) is 11.1 Å². The van der Waals surface area contributed by atoms with Gasteiger partial charge in [0, 0.05) is 60.9 Å². The minimum atomic E-state index is -4.67. The number of para-hydroxylation sites is 2. The van der Waals surface area contributed by atoms with E-state index in [9.17, 15) is 82.3 Å². The van der Waals surface area contributed by atoms with Crippen molar-refractivity contribution in [2.24, 2.45) is 0 Å². The smallest absolute Gasteiger partial charge is 0.416 e. The molecule has 2 heterocycles. The molecular formula is C76H52F10N6O12. The first kappa shape index (κ1) is 74.6. The molecule has 528 valence electrons. The van der Waals surface area contributed by atoms with E-state index in [1.54, 1.807) is 60.7 Å². The molecule has 2 aromatic heterocycles. The lowest BCUT2D eigenvalue weighted by Crippen LogP contribution is -2.24. The van der Waals surface area contributed by atoms with Crippen molar-refractivity contribution in [2.75, 3.05) is 10.6 Å². The number of nitrogens with one attached hydrogen (secondary N) is 6. The van der Waals surface area contributed by atoms with E-state index in [1.165, 1.54) is 128 Å². The van der Waals surface area contributed by atoms with Crippen LogP contribution in [0.25, 0.3) is 0 Å². The molecule has 0 bridgehead atoms. The number of pyridine rings is 2. The van der Waals surface area contributed by atoms with Crippen molar-refractivity contribution >= 4 is 46.6 Å². The maximum Gasteiger partial charge on any atom is 0.416 e. The number of hydrogen-bond acceptors (Lipinski definition) is 12. The standard InChI is InChI=1S/C20H13F4NO3.C19H12F4N2O3.C19H14FNO3.C18H13FN2O3/c21-13-5-7-16(8-6-13)28-18-9-4-12(20(22,23)24)10-17(18)19(27)25-14-2-1-3-15(26)11-14;20-12-2-5-14(6-3-12)28-16-7-1-11(19(21,22)23)9-15(16)18(27)25-13-4-8-17(26)24-10-13;20-13-8-10-16(11-9-13)24-18-7-2-1-6-17(18)19(23)21-14-4-3-5-15(22)12-14;19-12-5-8-14(9-6-12)24-16-4-2-1-3-15(16)18(23)21-13-7-10-17(22)20-11-13/h1-2,4-11H,3H2,(H,25,27);1-10H,(H,24,26)(H,25,27);1-4,6-12H,5H2,(H,21,23);1-11H,(H,20,22)(H,21,23). The number of ether oxygens (including phenoxy) is 4. The summed E-state index contributed by atoms with van der Waals surface area (Å²) in [5.74, 6) is -3.12. The Morgan fingerprint density at radius 3 is 0.952 bits per heavy atom. The molecule has 2 aliphatic carbocycles. The number of allylic oxidation sites excluding steroid dienone is 6. The van der Waals surface area contributed by atoms with Gasteiger partial charge in [-0.2, -0.15) is 26.3 Å². The van der Waals surface area contributed by atoms with Crippen LogP contribution < -0.4 is 51.3 Å². The lowest BCUT2D eigenvalue weighted by Gasteiger charge is -2.15. The quantitative estimate of drug-likeness (QED) is 0.0494. The molecule has 0 spiro atoms. The van der Waals surface area contributed by atoms with E-state index in [0.29, 0.717) is 64.1 Å².